The summed E-state index contributed by atoms with van der Waals surface area (Å²) in [6.07, 6.45) is 0. The van der Waals surface area contributed by atoms with Crippen LogP contribution in [0.2, 0.25) is 0 Å². The molecule has 5 heteroatoms. The lowest BCUT2D eigenvalue weighted by molar-refractivity contribution is -0.385. The highest BCUT2D eigenvalue weighted by atomic mass is 79.9. The van der Waals surface area contributed by atoms with Crippen molar-refractivity contribution in [3.05, 3.63) is 38.3 Å². The molecular weight excluding hydrogens is 272 g/mol. The van der Waals surface area contributed by atoms with Gasteiger partial charge in [-0.3, -0.25) is 10.1 Å². The molecule has 0 fully saturated rings. The Labute approximate surface area is 102 Å². The fourth-order valence-corrected chi connectivity index (χ4v) is 1.55. The summed E-state index contributed by atoms with van der Waals surface area (Å²) in [4.78, 5) is 10.4. The SMILES string of the molecule is CC#CCNCc1ccc(Br)cc1[N+](=O)[O-]. The summed E-state index contributed by atoms with van der Waals surface area (Å²) in [7, 11) is 0. The third kappa shape index (κ3) is 3.65. The van der Waals surface area contributed by atoms with E-state index in [1.807, 2.05) is 0 Å². The Morgan fingerprint density at radius 2 is 2.31 bits per heavy atom. The Bertz CT molecular complexity index is 449. The van der Waals surface area contributed by atoms with Crippen molar-refractivity contribution >= 4 is 21.6 Å². The lowest BCUT2D eigenvalue weighted by Crippen LogP contribution is -2.14. The standard InChI is InChI=1S/C11H11BrN2O2/c1-2-3-6-13-8-9-4-5-10(12)7-11(9)14(15)16/h4-5,7,13H,6,8H2,1H3. The average Bonchev–Trinajstić information content (AvgIpc) is 2.26. The molecule has 0 atom stereocenters. The first kappa shape index (κ1) is 12.7. The molecule has 1 aromatic carbocycles. The van der Waals surface area contributed by atoms with Crippen LogP contribution in [0.15, 0.2) is 22.7 Å². The van der Waals surface area contributed by atoms with Gasteiger partial charge >= 0.3 is 0 Å². The quantitative estimate of drug-likeness (QED) is 0.400. The summed E-state index contributed by atoms with van der Waals surface area (Å²) >= 11 is 3.21. The minimum Gasteiger partial charge on any atom is -0.302 e. The highest BCUT2D eigenvalue weighted by molar-refractivity contribution is 9.10. The number of nitro benzene ring substituents is 1. The molecule has 1 N–H and O–H groups in total. The van der Waals surface area contributed by atoms with E-state index in [1.165, 1.54) is 6.07 Å². The van der Waals surface area contributed by atoms with Gasteiger partial charge in [-0.15, -0.1) is 5.92 Å². The van der Waals surface area contributed by atoms with Gasteiger partial charge in [-0.05, 0) is 19.1 Å². The zero-order valence-electron chi connectivity index (χ0n) is 8.79. The summed E-state index contributed by atoms with van der Waals surface area (Å²) in [5.74, 6) is 5.58. The average molecular weight is 283 g/mol. The number of rotatable bonds is 4. The predicted molar refractivity (Wildman–Crippen MR) is 66.0 cm³/mol. The monoisotopic (exact) mass is 282 g/mol. The van der Waals surface area contributed by atoms with Crippen molar-refractivity contribution in [3.63, 3.8) is 0 Å². The maximum atomic E-state index is 10.8. The summed E-state index contributed by atoms with van der Waals surface area (Å²) < 4.78 is 0.705. The minimum atomic E-state index is -0.382. The molecule has 0 spiro atoms. The van der Waals surface area contributed by atoms with Gasteiger partial charge in [0, 0.05) is 22.6 Å². The fourth-order valence-electron chi connectivity index (χ4n) is 1.20. The van der Waals surface area contributed by atoms with Crippen LogP contribution in [-0.4, -0.2) is 11.5 Å². The van der Waals surface area contributed by atoms with Crippen molar-refractivity contribution in [1.82, 2.24) is 5.32 Å². The van der Waals surface area contributed by atoms with Crippen LogP contribution < -0.4 is 5.32 Å². The van der Waals surface area contributed by atoms with Crippen LogP contribution in [0.4, 0.5) is 5.69 Å². The Balaban J connectivity index is 2.77. The van der Waals surface area contributed by atoms with E-state index in [9.17, 15) is 10.1 Å². The lowest BCUT2D eigenvalue weighted by Gasteiger charge is -2.03. The number of halogens is 1. The fraction of sp³-hybridized carbons (Fsp3) is 0.273. The van der Waals surface area contributed by atoms with Crippen LogP contribution in [0, 0.1) is 22.0 Å². The maximum absolute atomic E-state index is 10.8. The van der Waals surface area contributed by atoms with Gasteiger partial charge in [0.15, 0.2) is 0 Å². The molecule has 0 saturated carbocycles. The van der Waals surface area contributed by atoms with Crippen LogP contribution in [0.5, 0.6) is 0 Å². The van der Waals surface area contributed by atoms with Crippen molar-refractivity contribution < 1.29 is 4.92 Å². The molecule has 0 aliphatic carbocycles. The van der Waals surface area contributed by atoms with E-state index in [-0.39, 0.29) is 10.6 Å². The number of nitrogens with zero attached hydrogens (tertiary/aromatic N) is 1. The van der Waals surface area contributed by atoms with Crippen molar-refractivity contribution in [2.24, 2.45) is 0 Å². The molecule has 1 aromatic rings. The molecule has 16 heavy (non-hydrogen) atoms. The van der Waals surface area contributed by atoms with Crippen molar-refractivity contribution in [2.45, 2.75) is 13.5 Å². The molecule has 84 valence electrons. The molecular formula is C11H11BrN2O2. The smallest absolute Gasteiger partial charge is 0.275 e. The molecule has 1 rings (SSSR count). The predicted octanol–water partition coefficient (Wildman–Crippen LogP) is 2.47. The summed E-state index contributed by atoms with van der Waals surface area (Å²) in [6, 6.07) is 5.02. The third-order valence-corrected chi connectivity index (χ3v) is 2.44. The molecule has 0 unspecified atom stereocenters. The van der Waals surface area contributed by atoms with Crippen molar-refractivity contribution in [1.29, 1.82) is 0 Å². The van der Waals surface area contributed by atoms with E-state index in [2.05, 4.69) is 33.1 Å². The molecule has 0 aliphatic rings. The van der Waals surface area contributed by atoms with E-state index < -0.39 is 0 Å². The largest absolute Gasteiger partial charge is 0.302 e. The van der Waals surface area contributed by atoms with Crippen LogP contribution in [-0.2, 0) is 6.54 Å². The van der Waals surface area contributed by atoms with E-state index >= 15 is 0 Å². The molecule has 0 saturated heterocycles. The highest BCUT2D eigenvalue weighted by Gasteiger charge is 2.12. The van der Waals surface area contributed by atoms with Crippen LogP contribution in [0.25, 0.3) is 0 Å². The van der Waals surface area contributed by atoms with Gasteiger partial charge in [0.25, 0.3) is 5.69 Å². The molecule has 0 heterocycles. The van der Waals surface area contributed by atoms with E-state index in [1.54, 1.807) is 19.1 Å². The first-order chi connectivity index (χ1) is 7.65. The second-order valence-electron chi connectivity index (χ2n) is 3.06. The van der Waals surface area contributed by atoms with Gasteiger partial charge in [-0.25, -0.2) is 0 Å². The van der Waals surface area contributed by atoms with Gasteiger partial charge in [-0.1, -0.05) is 21.9 Å². The van der Waals surface area contributed by atoms with Gasteiger partial charge in [0.05, 0.1) is 11.5 Å². The molecule has 0 radical (unpaired) electrons. The molecule has 0 bridgehead atoms. The molecule has 0 aromatic heterocycles. The van der Waals surface area contributed by atoms with Crippen LogP contribution in [0.1, 0.15) is 12.5 Å². The van der Waals surface area contributed by atoms with Crippen molar-refractivity contribution in [3.8, 4) is 11.8 Å². The number of hydrogen-bond acceptors (Lipinski definition) is 3. The van der Waals surface area contributed by atoms with Gasteiger partial charge in [0.2, 0.25) is 0 Å². The van der Waals surface area contributed by atoms with Crippen LogP contribution in [0.3, 0.4) is 0 Å². The summed E-state index contributed by atoms with van der Waals surface area (Å²) in [6.45, 7) is 2.73. The zero-order chi connectivity index (χ0) is 12.0. The van der Waals surface area contributed by atoms with Gasteiger partial charge < -0.3 is 5.32 Å². The van der Waals surface area contributed by atoms with Gasteiger partial charge in [-0.2, -0.15) is 0 Å². The van der Waals surface area contributed by atoms with Crippen molar-refractivity contribution in [2.75, 3.05) is 6.54 Å². The number of benzene rings is 1. The van der Waals surface area contributed by atoms with E-state index in [0.717, 1.165) is 0 Å². The Hall–Kier alpha value is -1.38. The number of hydrogen-bond donors (Lipinski definition) is 1. The van der Waals surface area contributed by atoms with Crippen LogP contribution >= 0.6 is 15.9 Å². The third-order valence-electron chi connectivity index (χ3n) is 1.95. The maximum Gasteiger partial charge on any atom is 0.275 e. The Morgan fingerprint density at radius 3 is 2.94 bits per heavy atom. The minimum absolute atomic E-state index is 0.117. The van der Waals surface area contributed by atoms with E-state index in [4.69, 9.17) is 0 Å². The summed E-state index contributed by atoms with van der Waals surface area (Å²) in [5, 5.41) is 13.8. The Morgan fingerprint density at radius 1 is 1.56 bits per heavy atom. The topological polar surface area (TPSA) is 55.2 Å². The molecule has 0 aliphatic heterocycles. The normalized spacial score (nSPS) is 9.38. The lowest BCUT2D eigenvalue weighted by atomic mass is 10.2. The van der Waals surface area contributed by atoms with Gasteiger partial charge in [0.1, 0.15) is 0 Å². The highest BCUT2D eigenvalue weighted by Crippen LogP contribution is 2.23. The number of nitrogens with one attached hydrogen (secondary N) is 1. The van der Waals surface area contributed by atoms with E-state index in [0.29, 0.717) is 23.1 Å². The second kappa shape index (κ2) is 6.26. The molecule has 0 amide bonds. The first-order valence-corrected chi connectivity index (χ1v) is 5.47. The number of nitro groups is 1. The summed E-state index contributed by atoms with van der Waals surface area (Å²) in [5.41, 5.74) is 0.775. The first-order valence-electron chi connectivity index (χ1n) is 4.68. The second-order valence-corrected chi connectivity index (χ2v) is 3.98. The Kier molecular flexibility index (Phi) is 4.96. The zero-order valence-corrected chi connectivity index (χ0v) is 10.4. The molecule has 4 nitrogen and oxygen atoms in total.